The number of rotatable bonds is 67. The number of hydrogen-bond donors (Lipinski definition) is 3. The van der Waals surface area contributed by atoms with Gasteiger partial charge in [0.25, 0.3) is 0 Å². The van der Waals surface area contributed by atoms with Crippen molar-refractivity contribution in [3.05, 3.63) is 0 Å². The normalized spacial score (nSPS) is 14.5. The summed E-state index contributed by atoms with van der Waals surface area (Å²) < 4.78 is 68.1. The Morgan fingerprint density at radius 3 is 0.874 bits per heavy atom. The summed E-state index contributed by atoms with van der Waals surface area (Å²) >= 11 is 0. The van der Waals surface area contributed by atoms with Gasteiger partial charge in [-0.15, -0.1) is 0 Å². The molecule has 0 fully saturated rings. The fourth-order valence-corrected chi connectivity index (χ4v) is 11.8. The molecule has 0 saturated carbocycles. The smallest absolute Gasteiger partial charge is 0.462 e. The van der Waals surface area contributed by atoms with Gasteiger partial charge in [0.05, 0.1) is 26.4 Å². The average molecular weight is 1280 g/mol. The van der Waals surface area contributed by atoms with Crippen LogP contribution in [0.15, 0.2) is 0 Å². The van der Waals surface area contributed by atoms with Crippen molar-refractivity contribution in [2.45, 2.75) is 362 Å². The van der Waals surface area contributed by atoms with E-state index in [1.54, 1.807) is 0 Å². The summed E-state index contributed by atoms with van der Waals surface area (Å²) in [6.45, 7) is 9.50. The van der Waals surface area contributed by atoms with Crippen LogP contribution in [0, 0.1) is 11.8 Å². The van der Waals surface area contributed by atoms with Crippen LogP contribution in [0.4, 0.5) is 0 Å². The Hall–Kier alpha value is -1.94. The van der Waals surface area contributed by atoms with Crippen LogP contribution in [-0.2, 0) is 65.4 Å². The Balaban J connectivity index is 5.22. The molecule has 0 rings (SSSR count). The zero-order valence-electron chi connectivity index (χ0n) is 56.3. The first-order valence-corrected chi connectivity index (χ1v) is 38.5. The van der Waals surface area contributed by atoms with Crippen LogP contribution >= 0.6 is 15.6 Å². The van der Waals surface area contributed by atoms with Gasteiger partial charge in [0, 0.05) is 25.7 Å². The molecule has 0 amide bonds. The molecule has 0 aromatic heterocycles. The van der Waals surface area contributed by atoms with E-state index >= 15 is 0 Å². The molecule has 516 valence electrons. The number of carbonyl (C=O) groups excluding carboxylic acids is 4. The fraction of sp³-hybridized carbons (Fsp3) is 0.941. The molecule has 6 atom stereocenters. The summed E-state index contributed by atoms with van der Waals surface area (Å²) in [7, 11) is -9.89. The standard InChI is InChI=1S/C68H132O17P2/c1-7-10-12-14-16-17-18-19-23-26-33-39-45-51-66(71)79-57-64(84-67(72)52-46-40-34-27-24-21-20-22-25-31-36-42-48-60(4)5)59-83-87(76,77)81-55-62(69)54-80-86(74,75)82-58-63(56-78-65(70)50-44-38-30-15-13-11-8-2)85-68(73)53-47-41-35-29-28-32-37-43-49-61(6)9-3/h60-64,69H,7-59H2,1-6H3,(H,74,75)(H,76,77)/t61?,62-,63+,64+/m0/s1. The Bertz CT molecular complexity index is 1700. The first-order valence-electron chi connectivity index (χ1n) is 35.5. The van der Waals surface area contributed by atoms with Crippen LogP contribution < -0.4 is 0 Å². The second kappa shape index (κ2) is 60.3. The minimum atomic E-state index is -4.95. The Morgan fingerprint density at radius 1 is 0.333 bits per heavy atom. The van der Waals surface area contributed by atoms with Crippen molar-refractivity contribution in [1.82, 2.24) is 0 Å². The number of ether oxygens (including phenoxy) is 4. The highest BCUT2D eigenvalue weighted by Crippen LogP contribution is 2.45. The number of aliphatic hydroxyl groups excluding tert-OH is 1. The largest absolute Gasteiger partial charge is 0.472 e. The third-order valence-corrected chi connectivity index (χ3v) is 18.0. The molecule has 0 aliphatic carbocycles. The monoisotopic (exact) mass is 1280 g/mol. The molecular formula is C68H132O17P2. The molecule has 0 saturated heterocycles. The lowest BCUT2D eigenvalue weighted by Gasteiger charge is -2.21. The number of unbranched alkanes of at least 4 members (excludes halogenated alkanes) is 36. The van der Waals surface area contributed by atoms with E-state index in [2.05, 4.69) is 41.5 Å². The predicted molar refractivity (Wildman–Crippen MR) is 349 cm³/mol. The molecule has 17 nitrogen and oxygen atoms in total. The Morgan fingerprint density at radius 2 is 0.586 bits per heavy atom. The molecule has 0 aromatic carbocycles. The second-order valence-electron chi connectivity index (χ2n) is 25.3. The van der Waals surface area contributed by atoms with E-state index in [0.29, 0.717) is 25.7 Å². The molecule has 0 bridgehead atoms. The van der Waals surface area contributed by atoms with E-state index < -0.39 is 97.5 Å². The first-order chi connectivity index (χ1) is 41.9. The summed E-state index contributed by atoms with van der Waals surface area (Å²) in [4.78, 5) is 72.3. The van der Waals surface area contributed by atoms with Gasteiger partial charge in [-0.2, -0.15) is 0 Å². The molecule has 0 aromatic rings. The van der Waals surface area contributed by atoms with Gasteiger partial charge in [0.2, 0.25) is 0 Å². The van der Waals surface area contributed by atoms with Gasteiger partial charge in [-0.1, -0.05) is 292 Å². The fourth-order valence-electron chi connectivity index (χ4n) is 10.2. The summed E-state index contributed by atoms with van der Waals surface area (Å²) in [6, 6.07) is 0. The van der Waals surface area contributed by atoms with Crippen LogP contribution in [0.25, 0.3) is 0 Å². The second-order valence-corrected chi connectivity index (χ2v) is 28.2. The Labute approximate surface area is 530 Å². The number of phosphoric ester groups is 2. The van der Waals surface area contributed by atoms with E-state index in [1.165, 1.54) is 148 Å². The molecule has 0 aliphatic heterocycles. The zero-order chi connectivity index (χ0) is 64.3. The predicted octanol–water partition coefficient (Wildman–Crippen LogP) is 19.2. The van der Waals surface area contributed by atoms with Crippen LogP contribution in [0.3, 0.4) is 0 Å². The number of esters is 4. The molecule has 0 aliphatic rings. The van der Waals surface area contributed by atoms with E-state index in [1.807, 2.05) is 0 Å². The third kappa shape index (κ3) is 61.3. The summed E-state index contributed by atoms with van der Waals surface area (Å²) in [5.74, 6) is -0.585. The average Bonchev–Trinajstić information content (AvgIpc) is 3.58. The van der Waals surface area contributed by atoms with Crippen molar-refractivity contribution in [2.24, 2.45) is 11.8 Å². The van der Waals surface area contributed by atoms with E-state index in [4.69, 9.17) is 37.0 Å². The molecule has 0 radical (unpaired) electrons. The van der Waals surface area contributed by atoms with Gasteiger partial charge in [-0.25, -0.2) is 9.13 Å². The van der Waals surface area contributed by atoms with Gasteiger partial charge in [0.15, 0.2) is 12.2 Å². The summed E-state index contributed by atoms with van der Waals surface area (Å²) in [6.07, 6.45) is 44.4. The molecule has 3 N–H and O–H groups in total. The number of carbonyl (C=O) groups is 4. The Kier molecular flexibility index (Phi) is 59.0. The maximum absolute atomic E-state index is 13.0. The lowest BCUT2D eigenvalue weighted by molar-refractivity contribution is -0.161. The van der Waals surface area contributed by atoms with Crippen molar-refractivity contribution in [1.29, 1.82) is 0 Å². The molecule has 0 spiro atoms. The molecule has 19 heteroatoms. The van der Waals surface area contributed by atoms with Crippen LogP contribution in [0.5, 0.6) is 0 Å². The molecule has 3 unspecified atom stereocenters. The maximum atomic E-state index is 13.0. The van der Waals surface area contributed by atoms with Crippen molar-refractivity contribution in [3.8, 4) is 0 Å². The minimum Gasteiger partial charge on any atom is -0.462 e. The number of phosphoric acid groups is 2. The van der Waals surface area contributed by atoms with Crippen molar-refractivity contribution in [2.75, 3.05) is 39.6 Å². The van der Waals surface area contributed by atoms with Gasteiger partial charge < -0.3 is 33.8 Å². The van der Waals surface area contributed by atoms with Gasteiger partial charge >= 0.3 is 39.5 Å². The quantitative estimate of drug-likeness (QED) is 0.0222. The lowest BCUT2D eigenvalue weighted by atomic mass is 9.99. The lowest BCUT2D eigenvalue weighted by Crippen LogP contribution is -2.30. The van der Waals surface area contributed by atoms with Crippen molar-refractivity contribution in [3.63, 3.8) is 0 Å². The summed E-state index contributed by atoms with van der Waals surface area (Å²) in [5, 5.41) is 10.6. The maximum Gasteiger partial charge on any atom is 0.472 e. The highest BCUT2D eigenvalue weighted by molar-refractivity contribution is 7.47. The van der Waals surface area contributed by atoms with Crippen LogP contribution in [0.1, 0.15) is 343 Å². The van der Waals surface area contributed by atoms with E-state index in [-0.39, 0.29) is 25.7 Å². The van der Waals surface area contributed by atoms with E-state index in [9.17, 15) is 43.2 Å². The van der Waals surface area contributed by atoms with Crippen molar-refractivity contribution < 1.29 is 80.2 Å². The van der Waals surface area contributed by atoms with Gasteiger partial charge in [-0.05, 0) is 37.5 Å². The SMILES string of the molecule is CCCCCCCCCCCCCCCC(=O)OC[C@H](COP(=O)(O)OC[C@@H](O)COP(=O)(O)OC[C@@H](COC(=O)CCCCCCCCC)OC(=O)CCCCCCCCCCC(C)CC)OC(=O)CCCCCCCCCCCCCCC(C)C. The van der Waals surface area contributed by atoms with Gasteiger partial charge in [-0.3, -0.25) is 37.3 Å². The molecule has 87 heavy (non-hydrogen) atoms. The number of hydrogen-bond acceptors (Lipinski definition) is 15. The van der Waals surface area contributed by atoms with Gasteiger partial charge in [0.1, 0.15) is 19.3 Å². The van der Waals surface area contributed by atoms with Crippen LogP contribution in [0.2, 0.25) is 0 Å². The minimum absolute atomic E-state index is 0.105. The van der Waals surface area contributed by atoms with E-state index in [0.717, 1.165) is 115 Å². The molecule has 0 heterocycles. The first kappa shape index (κ1) is 85.1. The highest BCUT2D eigenvalue weighted by Gasteiger charge is 2.30. The third-order valence-electron chi connectivity index (χ3n) is 16.1. The molecular weight excluding hydrogens is 1150 g/mol. The topological polar surface area (TPSA) is 237 Å². The van der Waals surface area contributed by atoms with Crippen LogP contribution in [-0.4, -0.2) is 96.7 Å². The highest BCUT2D eigenvalue weighted by atomic mass is 31.2. The van der Waals surface area contributed by atoms with Crippen molar-refractivity contribution >= 4 is 39.5 Å². The number of aliphatic hydroxyl groups is 1. The summed E-state index contributed by atoms with van der Waals surface area (Å²) in [5.41, 5.74) is 0. The zero-order valence-corrected chi connectivity index (χ0v) is 58.1.